The van der Waals surface area contributed by atoms with Crippen LogP contribution in [0.3, 0.4) is 0 Å². The molecular weight excluding hydrogens is 265 g/mol. The fraction of sp³-hybridized carbons (Fsp3) is 0.467. The van der Waals surface area contributed by atoms with Crippen LogP contribution in [0.5, 0.6) is 0 Å². The van der Waals surface area contributed by atoms with Gasteiger partial charge < -0.3 is 10.3 Å². The minimum absolute atomic E-state index is 0.0359. The maximum absolute atomic E-state index is 12.9. The summed E-state index contributed by atoms with van der Waals surface area (Å²) in [6, 6.07) is 5.72. The Hall–Kier alpha value is -1.49. The fourth-order valence-electron chi connectivity index (χ4n) is 2.45. The molecule has 0 atom stereocenters. The van der Waals surface area contributed by atoms with Gasteiger partial charge in [-0.15, -0.1) is 0 Å². The van der Waals surface area contributed by atoms with Gasteiger partial charge in [-0.2, -0.15) is 13.2 Å². The third-order valence-electron chi connectivity index (χ3n) is 3.35. The van der Waals surface area contributed by atoms with E-state index in [2.05, 4.69) is 0 Å². The first-order valence-corrected chi connectivity index (χ1v) is 6.53. The van der Waals surface area contributed by atoms with Crippen LogP contribution in [0.25, 0.3) is 10.9 Å². The van der Waals surface area contributed by atoms with E-state index in [1.165, 1.54) is 12.1 Å². The third-order valence-corrected chi connectivity index (χ3v) is 3.35. The van der Waals surface area contributed by atoms with Crippen molar-refractivity contribution in [1.82, 2.24) is 4.57 Å². The highest BCUT2D eigenvalue weighted by Crippen LogP contribution is 2.35. The molecule has 0 saturated heterocycles. The minimum atomic E-state index is -4.33. The SMILES string of the molecule is CC(C)n1c(C(C)(C)N)cc2ccc(C(F)(F)F)cc21. The maximum atomic E-state index is 12.9. The second-order valence-corrected chi connectivity index (χ2v) is 5.99. The molecular formula is C15H19F3N2. The summed E-state index contributed by atoms with van der Waals surface area (Å²) < 4.78 is 40.4. The molecule has 0 aliphatic carbocycles. The molecule has 0 aliphatic heterocycles. The number of nitrogens with zero attached hydrogens (tertiary/aromatic N) is 1. The number of aromatic nitrogens is 1. The average Bonchev–Trinajstić information content (AvgIpc) is 2.65. The zero-order valence-corrected chi connectivity index (χ0v) is 12.0. The first kappa shape index (κ1) is 14.9. The quantitative estimate of drug-likeness (QED) is 0.868. The highest BCUT2D eigenvalue weighted by molar-refractivity contribution is 5.82. The van der Waals surface area contributed by atoms with E-state index >= 15 is 0 Å². The summed E-state index contributed by atoms with van der Waals surface area (Å²) in [5.74, 6) is 0. The number of benzene rings is 1. The number of halogens is 3. The molecule has 2 nitrogen and oxygen atoms in total. The molecule has 0 unspecified atom stereocenters. The van der Waals surface area contributed by atoms with Crippen molar-refractivity contribution in [1.29, 1.82) is 0 Å². The van der Waals surface area contributed by atoms with Crippen LogP contribution >= 0.6 is 0 Å². The van der Waals surface area contributed by atoms with Gasteiger partial charge >= 0.3 is 6.18 Å². The molecule has 2 aromatic rings. The summed E-state index contributed by atoms with van der Waals surface area (Å²) in [4.78, 5) is 0. The summed E-state index contributed by atoms with van der Waals surface area (Å²) in [7, 11) is 0. The van der Waals surface area contributed by atoms with Crippen LogP contribution in [0, 0.1) is 0 Å². The molecule has 0 bridgehead atoms. The molecule has 0 saturated carbocycles. The number of rotatable bonds is 2. The van der Waals surface area contributed by atoms with Crippen LogP contribution in [0.1, 0.15) is 45.0 Å². The largest absolute Gasteiger partial charge is 0.416 e. The van der Waals surface area contributed by atoms with Crippen LogP contribution in [0.15, 0.2) is 24.3 Å². The topological polar surface area (TPSA) is 30.9 Å². The van der Waals surface area contributed by atoms with E-state index in [1.54, 1.807) is 0 Å². The van der Waals surface area contributed by atoms with E-state index in [9.17, 15) is 13.2 Å². The highest BCUT2D eigenvalue weighted by Gasteiger charge is 2.31. The van der Waals surface area contributed by atoms with Crippen LogP contribution in [-0.4, -0.2) is 4.57 Å². The molecule has 110 valence electrons. The highest BCUT2D eigenvalue weighted by atomic mass is 19.4. The van der Waals surface area contributed by atoms with Gasteiger partial charge in [0.15, 0.2) is 0 Å². The molecule has 0 aliphatic rings. The first-order chi connectivity index (χ1) is 9.01. The Morgan fingerprint density at radius 3 is 2.15 bits per heavy atom. The molecule has 0 spiro atoms. The van der Waals surface area contributed by atoms with Gasteiger partial charge in [-0.25, -0.2) is 0 Å². The van der Waals surface area contributed by atoms with Gasteiger partial charge in [0.05, 0.1) is 11.1 Å². The molecule has 1 aromatic carbocycles. The van der Waals surface area contributed by atoms with Crippen molar-refractivity contribution in [3.05, 3.63) is 35.5 Å². The Bertz CT molecular complexity index is 631. The fourth-order valence-corrected chi connectivity index (χ4v) is 2.45. The predicted octanol–water partition coefficient (Wildman–Crippen LogP) is 4.43. The Kier molecular flexibility index (Phi) is 3.37. The molecule has 2 N–H and O–H groups in total. The molecule has 0 radical (unpaired) electrons. The molecule has 2 rings (SSSR count). The summed E-state index contributed by atoms with van der Waals surface area (Å²) in [6.07, 6.45) is -4.33. The molecule has 5 heteroatoms. The summed E-state index contributed by atoms with van der Waals surface area (Å²) in [5, 5.41) is 0.778. The van der Waals surface area contributed by atoms with Crippen molar-refractivity contribution in [3.8, 4) is 0 Å². The van der Waals surface area contributed by atoms with Gasteiger partial charge in [0.2, 0.25) is 0 Å². The van der Waals surface area contributed by atoms with Crippen LogP contribution in [0.4, 0.5) is 13.2 Å². The number of fused-ring (bicyclic) bond motifs is 1. The lowest BCUT2D eigenvalue weighted by Gasteiger charge is -2.24. The monoisotopic (exact) mass is 284 g/mol. The molecule has 0 fully saturated rings. The first-order valence-electron chi connectivity index (χ1n) is 6.53. The molecule has 20 heavy (non-hydrogen) atoms. The van der Waals surface area contributed by atoms with Gasteiger partial charge in [-0.3, -0.25) is 0 Å². The van der Waals surface area contributed by atoms with E-state index in [0.717, 1.165) is 17.1 Å². The summed E-state index contributed by atoms with van der Waals surface area (Å²) >= 11 is 0. The molecule has 1 heterocycles. The van der Waals surface area contributed by atoms with Crippen molar-refractivity contribution in [2.75, 3.05) is 0 Å². The lowest BCUT2D eigenvalue weighted by atomic mass is 10.0. The van der Waals surface area contributed by atoms with Gasteiger partial charge in [-0.1, -0.05) is 6.07 Å². The van der Waals surface area contributed by atoms with Gasteiger partial charge in [0.25, 0.3) is 0 Å². The van der Waals surface area contributed by atoms with Gasteiger partial charge in [-0.05, 0) is 51.3 Å². The van der Waals surface area contributed by atoms with Crippen LogP contribution in [0.2, 0.25) is 0 Å². The molecule has 0 amide bonds. The van der Waals surface area contributed by atoms with Crippen LogP contribution < -0.4 is 5.73 Å². The van der Waals surface area contributed by atoms with Crippen LogP contribution in [-0.2, 0) is 11.7 Å². The second-order valence-electron chi connectivity index (χ2n) is 5.99. The van der Waals surface area contributed by atoms with Crippen molar-refractivity contribution in [2.24, 2.45) is 5.73 Å². The Labute approximate surface area is 116 Å². The zero-order chi connectivity index (χ0) is 15.3. The van der Waals surface area contributed by atoms with E-state index < -0.39 is 17.3 Å². The lowest BCUT2D eigenvalue weighted by molar-refractivity contribution is -0.137. The van der Waals surface area contributed by atoms with Crippen molar-refractivity contribution >= 4 is 10.9 Å². The lowest BCUT2D eigenvalue weighted by Crippen LogP contribution is -2.32. The average molecular weight is 284 g/mol. The van der Waals surface area contributed by atoms with Gasteiger partial charge in [0.1, 0.15) is 0 Å². The standard InChI is InChI=1S/C15H19F3N2/c1-9(2)20-12-8-11(15(16,17)18)6-5-10(12)7-13(20)14(3,4)19/h5-9H,19H2,1-4H3. The van der Waals surface area contributed by atoms with Gasteiger partial charge in [0, 0.05) is 17.3 Å². The minimum Gasteiger partial charge on any atom is -0.340 e. The number of nitrogens with two attached hydrogens (primary N) is 1. The van der Waals surface area contributed by atoms with E-state index in [0.29, 0.717) is 5.52 Å². The van der Waals surface area contributed by atoms with E-state index in [1.807, 2.05) is 38.3 Å². The normalized spacial score (nSPS) is 13.4. The zero-order valence-electron chi connectivity index (χ0n) is 12.0. The van der Waals surface area contributed by atoms with E-state index in [4.69, 9.17) is 5.73 Å². The van der Waals surface area contributed by atoms with Crippen molar-refractivity contribution in [3.63, 3.8) is 0 Å². The smallest absolute Gasteiger partial charge is 0.340 e. The number of hydrogen-bond acceptors (Lipinski definition) is 1. The second kappa shape index (κ2) is 4.52. The van der Waals surface area contributed by atoms with Crippen molar-refractivity contribution in [2.45, 2.75) is 45.5 Å². The van der Waals surface area contributed by atoms with E-state index in [-0.39, 0.29) is 6.04 Å². The summed E-state index contributed by atoms with van der Waals surface area (Å²) in [6.45, 7) is 7.58. The van der Waals surface area contributed by atoms with Crippen molar-refractivity contribution < 1.29 is 13.2 Å². The Morgan fingerprint density at radius 1 is 1.10 bits per heavy atom. The molecule has 1 aromatic heterocycles. The summed E-state index contributed by atoms with van der Waals surface area (Å²) in [5.41, 5.74) is 6.31. The Morgan fingerprint density at radius 2 is 1.70 bits per heavy atom. The number of hydrogen-bond donors (Lipinski definition) is 1. The third kappa shape index (κ3) is 2.54. The number of alkyl halides is 3. The predicted molar refractivity (Wildman–Crippen MR) is 74.5 cm³/mol. The Balaban J connectivity index is 2.78. The maximum Gasteiger partial charge on any atom is 0.416 e.